The highest BCUT2D eigenvalue weighted by atomic mass is 19.4. The van der Waals surface area contributed by atoms with Crippen LogP contribution in [0.5, 0.6) is 5.75 Å². The Bertz CT molecular complexity index is 872. The molecule has 0 saturated carbocycles. The minimum Gasteiger partial charge on any atom is -0.406 e. The molecule has 1 aliphatic rings. The minimum atomic E-state index is -4.73. The molecule has 0 fully saturated rings. The smallest absolute Gasteiger partial charge is 0.406 e. The first-order valence-electron chi connectivity index (χ1n) is 9.54. The molecule has 5 heteroatoms. The summed E-state index contributed by atoms with van der Waals surface area (Å²) in [5.74, 6) is 5.66. The average molecular weight is 390 g/mol. The van der Waals surface area contributed by atoms with Crippen LogP contribution in [0.4, 0.5) is 17.6 Å². The Morgan fingerprint density at radius 2 is 1.82 bits per heavy atom. The average Bonchev–Trinajstić information content (AvgIpc) is 2.66. The van der Waals surface area contributed by atoms with Crippen molar-refractivity contribution in [2.24, 2.45) is 5.92 Å². The van der Waals surface area contributed by atoms with Crippen molar-refractivity contribution in [1.82, 2.24) is 0 Å². The van der Waals surface area contributed by atoms with Gasteiger partial charge in [-0.05, 0) is 66.6 Å². The maximum atomic E-state index is 14.8. The van der Waals surface area contributed by atoms with Crippen LogP contribution in [0, 0.1) is 23.6 Å². The van der Waals surface area contributed by atoms with Crippen molar-refractivity contribution >= 4 is 0 Å². The van der Waals surface area contributed by atoms with E-state index >= 15 is 0 Å². The summed E-state index contributed by atoms with van der Waals surface area (Å²) in [7, 11) is 0. The molecule has 3 rings (SSSR count). The third-order valence-corrected chi connectivity index (χ3v) is 5.05. The highest BCUT2D eigenvalue weighted by molar-refractivity contribution is 5.48. The number of halogens is 4. The van der Waals surface area contributed by atoms with Crippen LogP contribution in [-0.4, -0.2) is 6.36 Å². The van der Waals surface area contributed by atoms with Crippen molar-refractivity contribution in [3.05, 3.63) is 64.5 Å². The summed E-state index contributed by atoms with van der Waals surface area (Å²) in [6.45, 7) is 2.18. The Morgan fingerprint density at radius 1 is 1.07 bits per heavy atom. The molecule has 0 bridgehead atoms. The quantitative estimate of drug-likeness (QED) is 0.432. The lowest BCUT2D eigenvalue weighted by Gasteiger charge is -2.25. The van der Waals surface area contributed by atoms with Gasteiger partial charge in [0, 0.05) is 5.56 Å². The van der Waals surface area contributed by atoms with E-state index in [1.54, 1.807) is 6.07 Å². The van der Waals surface area contributed by atoms with Crippen LogP contribution < -0.4 is 4.74 Å². The van der Waals surface area contributed by atoms with Gasteiger partial charge in [-0.25, -0.2) is 4.39 Å². The third-order valence-electron chi connectivity index (χ3n) is 5.05. The van der Waals surface area contributed by atoms with E-state index in [2.05, 4.69) is 23.5 Å². The predicted octanol–water partition coefficient (Wildman–Crippen LogP) is 6.42. The van der Waals surface area contributed by atoms with Crippen LogP contribution in [0.1, 0.15) is 54.9 Å². The molecule has 0 radical (unpaired) electrons. The van der Waals surface area contributed by atoms with Crippen molar-refractivity contribution in [2.45, 2.75) is 51.8 Å². The number of fused-ring (bicyclic) bond motifs is 1. The van der Waals surface area contributed by atoms with Crippen LogP contribution in [0.2, 0.25) is 0 Å². The lowest BCUT2D eigenvalue weighted by Crippen LogP contribution is -2.16. The fourth-order valence-corrected chi connectivity index (χ4v) is 3.60. The zero-order chi connectivity index (χ0) is 20.1. The van der Waals surface area contributed by atoms with Gasteiger partial charge in [0.05, 0.1) is 5.56 Å². The van der Waals surface area contributed by atoms with Gasteiger partial charge < -0.3 is 4.74 Å². The van der Waals surface area contributed by atoms with E-state index in [0.29, 0.717) is 17.0 Å². The van der Waals surface area contributed by atoms with Crippen LogP contribution in [0.3, 0.4) is 0 Å². The van der Waals surface area contributed by atoms with E-state index in [1.807, 2.05) is 6.07 Å². The molecule has 1 aliphatic carbocycles. The Kier molecular flexibility index (Phi) is 6.28. The van der Waals surface area contributed by atoms with Crippen LogP contribution in [0.25, 0.3) is 0 Å². The lowest BCUT2D eigenvalue weighted by molar-refractivity contribution is -0.274. The zero-order valence-electron chi connectivity index (χ0n) is 15.7. The molecule has 2 aromatic carbocycles. The predicted molar refractivity (Wildman–Crippen MR) is 101 cm³/mol. The first-order chi connectivity index (χ1) is 13.4. The summed E-state index contributed by atoms with van der Waals surface area (Å²) in [5.41, 5.74) is 2.64. The van der Waals surface area contributed by atoms with Crippen LogP contribution in [-0.2, 0) is 12.8 Å². The van der Waals surface area contributed by atoms with E-state index in [9.17, 15) is 17.6 Å². The lowest BCUT2D eigenvalue weighted by atomic mass is 9.80. The van der Waals surface area contributed by atoms with Crippen LogP contribution >= 0.6 is 0 Å². The normalized spacial score (nSPS) is 16.1. The molecule has 1 atom stereocenters. The molecular weight excluding hydrogens is 368 g/mol. The number of alkyl halides is 3. The summed E-state index contributed by atoms with van der Waals surface area (Å²) in [6, 6.07) is 8.88. The molecule has 0 saturated heterocycles. The zero-order valence-corrected chi connectivity index (χ0v) is 15.7. The molecule has 0 aromatic heterocycles. The summed E-state index contributed by atoms with van der Waals surface area (Å²) < 4.78 is 55.2. The second-order valence-electron chi connectivity index (χ2n) is 7.14. The first-order valence-corrected chi connectivity index (χ1v) is 9.54. The number of hydrogen-bond acceptors (Lipinski definition) is 1. The molecule has 0 spiro atoms. The molecule has 1 unspecified atom stereocenters. The minimum absolute atomic E-state index is 0.268. The van der Waals surface area contributed by atoms with Gasteiger partial charge in [-0.1, -0.05) is 44.1 Å². The van der Waals surface area contributed by atoms with Gasteiger partial charge in [0.25, 0.3) is 0 Å². The number of unbranched alkanes of at least 4 members (excludes halogenated alkanes) is 1. The molecule has 2 aromatic rings. The fraction of sp³-hybridized carbons (Fsp3) is 0.391. The SMILES string of the molecule is CCCCC1CCc2c(ccc(C#Cc3ccc(OC(F)(F)F)cc3)c2F)C1. The molecule has 0 amide bonds. The number of rotatable bonds is 4. The fourth-order valence-electron chi connectivity index (χ4n) is 3.60. The van der Waals surface area contributed by atoms with E-state index in [-0.39, 0.29) is 11.6 Å². The highest BCUT2D eigenvalue weighted by Gasteiger charge is 2.30. The number of benzene rings is 2. The van der Waals surface area contributed by atoms with E-state index in [0.717, 1.165) is 30.4 Å². The van der Waals surface area contributed by atoms with E-state index in [1.165, 1.54) is 43.5 Å². The molecule has 0 aliphatic heterocycles. The van der Waals surface area contributed by atoms with Gasteiger partial charge in [0.1, 0.15) is 11.6 Å². The summed E-state index contributed by atoms with van der Waals surface area (Å²) in [4.78, 5) is 0. The van der Waals surface area contributed by atoms with Crippen molar-refractivity contribution in [3.8, 4) is 17.6 Å². The van der Waals surface area contributed by atoms with Gasteiger partial charge >= 0.3 is 6.36 Å². The standard InChI is InChI=1S/C23H22F4O/c1-2-3-4-17-8-14-21-19(15-17)11-10-18(22(21)24)9-5-16-6-12-20(13-7-16)28-23(25,26)27/h6-7,10-13,17H,2-4,8,14-15H2,1H3. The van der Waals surface area contributed by atoms with E-state index in [4.69, 9.17) is 0 Å². The molecular formula is C23H22F4O. The Morgan fingerprint density at radius 3 is 2.50 bits per heavy atom. The van der Waals surface area contributed by atoms with Gasteiger partial charge in [0.15, 0.2) is 0 Å². The number of ether oxygens (including phenoxy) is 1. The Labute approximate surface area is 162 Å². The van der Waals surface area contributed by atoms with Crippen molar-refractivity contribution in [2.75, 3.05) is 0 Å². The van der Waals surface area contributed by atoms with Gasteiger partial charge in [-0.15, -0.1) is 13.2 Å². The summed E-state index contributed by atoms with van der Waals surface area (Å²) in [6.07, 6.45) is 1.49. The van der Waals surface area contributed by atoms with Gasteiger partial charge in [-0.3, -0.25) is 0 Å². The highest BCUT2D eigenvalue weighted by Crippen LogP contribution is 2.31. The van der Waals surface area contributed by atoms with Crippen molar-refractivity contribution in [3.63, 3.8) is 0 Å². The molecule has 28 heavy (non-hydrogen) atoms. The molecule has 148 valence electrons. The first kappa shape index (κ1) is 20.3. The van der Waals surface area contributed by atoms with E-state index < -0.39 is 6.36 Å². The summed E-state index contributed by atoms with van der Waals surface area (Å²) >= 11 is 0. The molecule has 1 nitrogen and oxygen atoms in total. The number of hydrogen-bond donors (Lipinski definition) is 0. The Balaban J connectivity index is 1.73. The van der Waals surface area contributed by atoms with Crippen LogP contribution in [0.15, 0.2) is 36.4 Å². The monoisotopic (exact) mass is 390 g/mol. The topological polar surface area (TPSA) is 9.23 Å². The summed E-state index contributed by atoms with van der Waals surface area (Å²) in [5, 5.41) is 0. The van der Waals surface area contributed by atoms with Gasteiger partial charge in [0.2, 0.25) is 0 Å². The van der Waals surface area contributed by atoms with Crippen molar-refractivity contribution in [1.29, 1.82) is 0 Å². The molecule has 0 N–H and O–H groups in total. The second kappa shape index (κ2) is 8.68. The van der Waals surface area contributed by atoms with Crippen molar-refractivity contribution < 1.29 is 22.3 Å². The van der Waals surface area contributed by atoms with Gasteiger partial charge in [-0.2, -0.15) is 0 Å². The maximum absolute atomic E-state index is 14.8. The second-order valence-corrected chi connectivity index (χ2v) is 7.14. The maximum Gasteiger partial charge on any atom is 0.573 e. The Hall–Kier alpha value is -2.48. The third kappa shape index (κ3) is 5.28. The molecule has 0 heterocycles. The largest absolute Gasteiger partial charge is 0.573 e.